The van der Waals surface area contributed by atoms with Crippen molar-refractivity contribution < 1.29 is 4.39 Å². The average molecular weight is 300 g/mol. The molecule has 2 rings (SSSR count). The fourth-order valence-corrected chi connectivity index (χ4v) is 2.49. The normalized spacial score (nSPS) is 10.8. The molecule has 2 nitrogen and oxygen atoms in total. The van der Waals surface area contributed by atoms with Gasteiger partial charge in [-0.3, -0.25) is 0 Å². The summed E-state index contributed by atoms with van der Waals surface area (Å²) in [7, 11) is 0. The molecule has 1 aromatic carbocycles. The molecule has 118 valence electrons. The molecule has 3 heteroatoms. The molecule has 0 unspecified atom stereocenters. The highest BCUT2D eigenvalue weighted by molar-refractivity contribution is 5.54. The second-order valence-electron chi connectivity index (χ2n) is 5.76. The molecule has 0 spiro atoms. The molecule has 1 heterocycles. The van der Waals surface area contributed by atoms with Gasteiger partial charge < -0.3 is 0 Å². The fourth-order valence-electron chi connectivity index (χ4n) is 2.49. The highest BCUT2D eigenvalue weighted by Crippen LogP contribution is 2.16. The van der Waals surface area contributed by atoms with Crippen LogP contribution in [0.2, 0.25) is 0 Å². The van der Waals surface area contributed by atoms with Crippen molar-refractivity contribution in [1.29, 1.82) is 0 Å². The molecular formula is C19H25FN2. The van der Waals surface area contributed by atoms with Gasteiger partial charge in [0, 0.05) is 18.0 Å². The van der Waals surface area contributed by atoms with Gasteiger partial charge in [0.15, 0.2) is 5.82 Å². The van der Waals surface area contributed by atoms with Crippen LogP contribution in [-0.2, 0) is 13.1 Å². The van der Waals surface area contributed by atoms with Crippen LogP contribution in [0, 0.1) is 0 Å². The first-order valence-corrected chi connectivity index (χ1v) is 8.29. The van der Waals surface area contributed by atoms with Crippen LogP contribution >= 0.6 is 0 Å². The third-order valence-corrected chi connectivity index (χ3v) is 3.89. The Morgan fingerprint density at radius 2 is 1.45 bits per heavy atom. The zero-order chi connectivity index (χ0) is 15.6. The van der Waals surface area contributed by atoms with Gasteiger partial charge in [-0.1, -0.05) is 63.3 Å². The Morgan fingerprint density at radius 3 is 2.09 bits per heavy atom. The number of aryl methyl sites for hydroxylation is 1. The van der Waals surface area contributed by atoms with Gasteiger partial charge >= 0.3 is 0 Å². The number of hydrogen-bond acceptors (Lipinski definition) is 2. The first-order chi connectivity index (χ1) is 10.8. The van der Waals surface area contributed by atoms with E-state index in [4.69, 9.17) is 0 Å². The molecular weight excluding hydrogens is 275 g/mol. The summed E-state index contributed by atoms with van der Waals surface area (Å²) in [4.78, 5) is 8.86. The second-order valence-corrected chi connectivity index (χ2v) is 5.76. The molecule has 1 aromatic heterocycles. The molecule has 2 aromatic rings. The van der Waals surface area contributed by atoms with Crippen LogP contribution in [0.3, 0.4) is 0 Å². The number of aromatic nitrogens is 2. The minimum Gasteiger partial charge on any atom is -0.246 e. The number of hydrogen-bond donors (Lipinski definition) is 0. The Bertz CT molecular complexity index is 534. The van der Waals surface area contributed by atoms with E-state index in [1.807, 2.05) is 24.5 Å². The van der Waals surface area contributed by atoms with E-state index in [-0.39, 0.29) is 0 Å². The topological polar surface area (TPSA) is 25.8 Å². The van der Waals surface area contributed by atoms with Gasteiger partial charge in [0.2, 0.25) is 0 Å². The van der Waals surface area contributed by atoms with E-state index in [0.29, 0.717) is 11.4 Å². The fraction of sp³-hybridized carbons (Fsp3) is 0.474. The summed E-state index contributed by atoms with van der Waals surface area (Å²) in [5.74, 6) is 0.706. The summed E-state index contributed by atoms with van der Waals surface area (Å²) in [6, 6.07) is 7.31. The molecule has 0 bridgehead atoms. The smallest absolute Gasteiger partial charge is 0.159 e. The molecule has 0 aliphatic carbocycles. The van der Waals surface area contributed by atoms with Crippen molar-refractivity contribution >= 4 is 0 Å². The van der Waals surface area contributed by atoms with E-state index in [1.54, 1.807) is 12.1 Å². The van der Waals surface area contributed by atoms with E-state index in [9.17, 15) is 4.39 Å². The minimum atomic E-state index is -0.432. The van der Waals surface area contributed by atoms with Gasteiger partial charge in [-0.25, -0.2) is 14.4 Å². The zero-order valence-corrected chi connectivity index (χ0v) is 13.4. The number of benzene rings is 1. The van der Waals surface area contributed by atoms with Gasteiger partial charge in [-0.2, -0.15) is 0 Å². The van der Waals surface area contributed by atoms with E-state index in [1.165, 1.54) is 44.1 Å². The number of unbranched alkanes of at least 4 members (excludes halogenated alkanes) is 5. The highest BCUT2D eigenvalue weighted by atomic mass is 19.1. The van der Waals surface area contributed by atoms with Crippen molar-refractivity contribution in [3.63, 3.8) is 0 Å². The average Bonchev–Trinajstić information content (AvgIpc) is 2.59. The van der Waals surface area contributed by atoms with Gasteiger partial charge in [-0.15, -0.1) is 0 Å². The lowest BCUT2D eigenvalue weighted by Crippen LogP contribution is -1.93. The molecule has 0 aliphatic rings. The largest absolute Gasteiger partial charge is 0.246 e. The third-order valence-electron chi connectivity index (χ3n) is 3.89. The number of alkyl halides is 1. The predicted molar refractivity (Wildman–Crippen MR) is 89.4 cm³/mol. The lowest BCUT2D eigenvalue weighted by Gasteiger charge is -2.04. The number of halogens is 1. The standard InChI is InChI=1S/C19H25FN2/c1-2-3-4-5-6-7-8-17-14-21-19(22-15-17)18-11-9-16(13-20)10-12-18/h9-12,14-15H,2-8,13H2,1H3. The van der Waals surface area contributed by atoms with Crippen molar-refractivity contribution in [2.75, 3.05) is 0 Å². The first kappa shape index (κ1) is 16.6. The summed E-state index contributed by atoms with van der Waals surface area (Å²) in [5.41, 5.74) is 2.81. The quantitative estimate of drug-likeness (QED) is 0.570. The second kappa shape index (κ2) is 9.29. The molecule has 0 fully saturated rings. The van der Waals surface area contributed by atoms with Crippen LogP contribution in [0.15, 0.2) is 36.7 Å². The Balaban J connectivity index is 1.82. The van der Waals surface area contributed by atoms with E-state index in [0.717, 1.165) is 12.0 Å². The molecule has 0 saturated carbocycles. The molecule has 0 saturated heterocycles. The predicted octanol–water partition coefficient (Wildman–Crippen LogP) is 5.52. The minimum absolute atomic E-state index is 0.432. The summed E-state index contributed by atoms with van der Waals surface area (Å²) >= 11 is 0. The van der Waals surface area contributed by atoms with Gasteiger partial charge in [-0.05, 0) is 24.0 Å². The van der Waals surface area contributed by atoms with Crippen LogP contribution in [0.5, 0.6) is 0 Å². The van der Waals surface area contributed by atoms with Gasteiger partial charge in [0.05, 0.1) is 0 Å². The van der Waals surface area contributed by atoms with Gasteiger partial charge in [0.1, 0.15) is 6.67 Å². The lowest BCUT2D eigenvalue weighted by atomic mass is 10.1. The number of nitrogens with zero attached hydrogens (tertiary/aromatic N) is 2. The summed E-state index contributed by atoms with van der Waals surface area (Å²) in [6.45, 7) is 1.81. The Hall–Kier alpha value is -1.77. The van der Waals surface area contributed by atoms with Crippen molar-refractivity contribution in [2.24, 2.45) is 0 Å². The summed E-state index contributed by atoms with van der Waals surface area (Å²) in [6.07, 6.45) is 12.7. The summed E-state index contributed by atoms with van der Waals surface area (Å²) < 4.78 is 12.5. The molecule has 22 heavy (non-hydrogen) atoms. The lowest BCUT2D eigenvalue weighted by molar-refractivity contribution is 0.485. The molecule has 0 N–H and O–H groups in total. The Morgan fingerprint density at radius 1 is 0.818 bits per heavy atom. The molecule has 0 aliphatic heterocycles. The monoisotopic (exact) mass is 300 g/mol. The summed E-state index contributed by atoms with van der Waals surface area (Å²) in [5, 5.41) is 0. The van der Waals surface area contributed by atoms with Crippen LogP contribution < -0.4 is 0 Å². The van der Waals surface area contributed by atoms with Crippen molar-refractivity contribution in [3.8, 4) is 11.4 Å². The van der Waals surface area contributed by atoms with Crippen molar-refractivity contribution in [1.82, 2.24) is 9.97 Å². The van der Waals surface area contributed by atoms with E-state index < -0.39 is 6.67 Å². The number of rotatable bonds is 9. The maximum atomic E-state index is 12.5. The zero-order valence-electron chi connectivity index (χ0n) is 13.4. The highest BCUT2D eigenvalue weighted by Gasteiger charge is 2.02. The van der Waals surface area contributed by atoms with Crippen LogP contribution in [0.25, 0.3) is 11.4 Å². The third kappa shape index (κ3) is 5.21. The van der Waals surface area contributed by atoms with E-state index in [2.05, 4.69) is 16.9 Å². The van der Waals surface area contributed by atoms with Crippen molar-refractivity contribution in [3.05, 3.63) is 47.8 Å². The maximum absolute atomic E-state index is 12.5. The van der Waals surface area contributed by atoms with Crippen LogP contribution in [0.4, 0.5) is 4.39 Å². The van der Waals surface area contributed by atoms with Crippen LogP contribution in [-0.4, -0.2) is 9.97 Å². The first-order valence-electron chi connectivity index (χ1n) is 8.29. The Labute approximate surface area is 132 Å². The molecule has 0 atom stereocenters. The molecule has 0 amide bonds. The maximum Gasteiger partial charge on any atom is 0.159 e. The van der Waals surface area contributed by atoms with Gasteiger partial charge in [0.25, 0.3) is 0 Å². The van der Waals surface area contributed by atoms with Crippen molar-refractivity contribution in [2.45, 2.75) is 58.5 Å². The van der Waals surface area contributed by atoms with E-state index >= 15 is 0 Å². The SMILES string of the molecule is CCCCCCCCc1cnc(-c2ccc(CF)cc2)nc1. The molecule has 0 radical (unpaired) electrons. The Kier molecular flexibility index (Phi) is 7.01. The van der Waals surface area contributed by atoms with Crippen LogP contribution in [0.1, 0.15) is 56.6 Å².